The van der Waals surface area contributed by atoms with E-state index in [1.54, 1.807) is 11.8 Å². The predicted molar refractivity (Wildman–Crippen MR) is 169 cm³/mol. The molecule has 2 N–H and O–H groups in total. The summed E-state index contributed by atoms with van der Waals surface area (Å²) < 4.78 is 32.6. The zero-order chi connectivity index (χ0) is 32.8. The molecule has 11 heteroatoms. The summed E-state index contributed by atoms with van der Waals surface area (Å²) in [6.45, 7) is 16.1. The summed E-state index contributed by atoms with van der Waals surface area (Å²) >= 11 is 0. The fourth-order valence-electron chi connectivity index (χ4n) is 4.48. The van der Waals surface area contributed by atoms with Crippen LogP contribution in [0.3, 0.4) is 0 Å². The molecule has 0 bridgehead atoms. The molecule has 0 aliphatic carbocycles. The summed E-state index contributed by atoms with van der Waals surface area (Å²) in [6, 6.07) is 7.60. The van der Waals surface area contributed by atoms with Crippen LogP contribution in [0, 0.1) is 11.8 Å². The molecule has 1 aromatic rings. The minimum atomic E-state index is -0.835. The first kappa shape index (κ1) is 39.3. The normalized spacial score (nSPS) is 14.3. The minimum Gasteiger partial charge on any atom is -0.491 e. The van der Waals surface area contributed by atoms with Crippen molar-refractivity contribution in [2.45, 2.75) is 72.8 Å². The highest BCUT2D eigenvalue weighted by Crippen LogP contribution is 2.26. The molecular formula is C33H56N2O9. The van der Waals surface area contributed by atoms with E-state index in [1.807, 2.05) is 58.9 Å². The fraction of sp³-hybridized carbons (Fsp3) is 0.727. The van der Waals surface area contributed by atoms with E-state index >= 15 is 0 Å². The number of nitrogens with zero attached hydrogens (tertiary/aromatic N) is 1. The third-order valence-corrected chi connectivity index (χ3v) is 6.61. The first-order valence-electron chi connectivity index (χ1n) is 16.0. The monoisotopic (exact) mass is 624 g/mol. The number of ether oxygens (including phenoxy) is 6. The molecule has 1 heterocycles. The molecule has 1 aliphatic rings. The molecule has 11 nitrogen and oxygen atoms in total. The number of esters is 1. The SMILES string of the molecule is CC.CCOC(=O)C(CCc1ccc(OCCOCCOCCOCCN)cc1)C(=O)C1CCN(C(=O)OC(C)(C)C)CC1. The van der Waals surface area contributed by atoms with Crippen molar-refractivity contribution in [3.05, 3.63) is 29.8 Å². The van der Waals surface area contributed by atoms with Crippen molar-refractivity contribution in [1.82, 2.24) is 4.90 Å². The first-order valence-corrected chi connectivity index (χ1v) is 16.0. The Morgan fingerprint density at radius 3 is 1.95 bits per heavy atom. The van der Waals surface area contributed by atoms with Crippen LogP contribution in [0.5, 0.6) is 5.75 Å². The van der Waals surface area contributed by atoms with Crippen LogP contribution >= 0.6 is 0 Å². The summed E-state index contributed by atoms with van der Waals surface area (Å²) in [7, 11) is 0. The number of hydrogen-bond acceptors (Lipinski definition) is 10. The number of amides is 1. The number of carbonyl (C=O) groups is 3. The van der Waals surface area contributed by atoms with Gasteiger partial charge in [-0.3, -0.25) is 9.59 Å². The van der Waals surface area contributed by atoms with Gasteiger partial charge in [0.05, 0.1) is 46.2 Å². The van der Waals surface area contributed by atoms with E-state index in [4.69, 9.17) is 34.2 Å². The predicted octanol–water partition coefficient (Wildman–Crippen LogP) is 4.43. The zero-order valence-electron chi connectivity index (χ0n) is 27.8. The Labute approximate surface area is 264 Å². The third-order valence-electron chi connectivity index (χ3n) is 6.61. The Morgan fingerprint density at radius 2 is 1.43 bits per heavy atom. The van der Waals surface area contributed by atoms with Gasteiger partial charge in [-0.2, -0.15) is 0 Å². The molecule has 0 aromatic heterocycles. The fourth-order valence-corrected chi connectivity index (χ4v) is 4.48. The van der Waals surface area contributed by atoms with Crippen molar-refractivity contribution < 1.29 is 42.8 Å². The second-order valence-corrected chi connectivity index (χ2v) is 11.1. The van der Waals surface area contributed by atoms with E-state index in [9.17, 15) is 14.4 Å². The van der Waals surface area contributed by atoms with E-state index in [2.05, 4.69) is 0 Å². The maximum Gasteiger partial charge on any atom is 0.410 e. The number of ketones is 1. The van der Waals surface area contributed by atoms with Gasteiger partial charge in [-0.05, 0) is 71.1 Å². The standard InChI is InChI=1S/C31H50N2O9.C2H6/c1-5-40-29(35)27(28(34)25-12-15-33(16-13-25)30(36)42-31(2,3)4)11-8-24-6-9-26(10-7-24)41-23-22-39-21-20-38-19-18-37-17-14-32;1-2/h6-7,9-10,25,27H,5,8,11-23,32H2,1-4H3;1-2H3. The number of Topliss-reactive ketones (excluding diaryl/α,β-unsaturated/α-hetero) is 1. The Morgan fingerprint density at radius 1 is 0.886 bits per heavy atom. The van der Waals surface area contributed by atoms with Gasteiger partial charge in [-0.15, -0.1) is 0 Å². The molecule has 1 fully saturated rings. The van der Waals surface area contributed by atoms with Crippen molar-refractivity contribution >= 4 is 17.8 Å². The van der Waals surface area contributed by atoms with Crippen LogP contribution in [0.2, 0.25) is 0 Å². The molecule has 1 unspecified atom stereocenters. The molecule has 1 atom stereocenters. The lowest BCUT2D eigenvalue weighted by Gasteiger charge is -2.33. The highest BCUT2D eigenvalue weighted by atomic mass is 16.6. The van der Waals surface area contributed by atoms with Gasteiger partial charge in [0.25, 0.3) is 0 Å². The first-order chi connectivity index (χ1) is 21.1. The molecule has 0 saturated carbocycles. The number of rotatable bonds is 19. The van der Waals surface area contributed by atoms with Gasteiger partial charge in [0.1, 0.15) is 29.7 Å². The molecule has 1 aromatic carbocycles. The van der Waals surface area contributed by atoms with Crippen LogP contribution in [0.25, 0.3) is 0 Å². The smallest absolute Gasteiger partial charge is 0.410 e. The number of aryl methyl sites for hydroxylation is 1. The number of nitrogens with two attached hydrogens (primary N) is 1. The second-order valence-electron chi connectivity index (χ2n) is 11.1. The van der Waals surface area contributed by atoms with Gasteiger partial charge in [-0.1, -0.05) is 26.0 Å². The highest BCUT2D eigenvalue weighted by molar-refractivity contribution is 6.00. The van der Waals surface area contributed by atoms with Gasteiger partial charge in [0.15, 0.2) is 0 Å². The Kier molecular flexibility index (Phi) is 20.3. The lowest BCUT2D eigenvalue weighted by molar-refractivity contribution is -0.153. The minimum absolute atomic E-state index is 0.109. The summed E-state index contributed by atoms with van der Waals surface area (Å²) in [5.74, 6) is -1.01. The maximum absolute atomic E-state index is 13.4. The second kappa shape index (κ2) is 22.7. The summed E-state index contributed by atoms with van der Waals surface area (Å²) in [4.78, 5) is 40.1. The Hall–Kier alpha value is -2.73. The van der Waals surface area contributed by atoms with Crippen LogP contribution in [-0.2, 0) is 39.7 Å². The van der Waals surface area contributed by atoms with Crippen LogP contribution in [0.4, 0.5) is 4.79 Å². The highest BCUT2D eigenvalue weighted by Gasteiger charge is 2.36. The molecule has 1 aliphatic heterocycles. The quantitative estimate of drug-likeness (QED) is 0.134. The van der Waals surface area contributed by atoms with Crippen LogP contribution in [0.1, 0.15) is 66.4 Å². The molecule has 0 spiro atoms. The van der Waals surface area contributed by atoms with Crippen LogP contribution < -0.4 is 10.5 Å². The van der Waals surface area contributed by atoms with Gasteiger partial charge in [0, 0.05) is 25.6 Å². The third kappa shape index (κ3) is 16.4. The number of carbonyl (C=O) groups excluding carboxylic acids is 3. The van der Waals surface area contributed by atoms with Crippen molar-refractivity contribution in [2.24, 2.45) is 17.6 Å². The van der Waals surface area contributed by atoms with Crippen LogP contribution in [-0.4, -0.2) is 101 Å². The van der Waals surface area contributed by atoms with Gasteiger partial charge < -0.3 is 39.1 Å². The largest absolute Gasteiger partial charge is 0.491 e. The molecule has 2 rings (SSSR count). The van der Waals surface area contributed by atoms with E-state index in [0.717, 1.165) is 5.56 Å². The number of piperidine rings is 1. The lowest BCUT2D eigenvalue weighted by Crippen LogP contribution is -2.44. The summed E-state index contributed by atoms with van der Waals surface area (Å²) in [5.41, 5.74) is 5.77. The average Bonchev–Trinajstić information content (AvgIpc) is 3.01. The lowest BCUT2D eigenvalue weighted by atomic mass is 9.83. The zero-order valence-corrected chi connectivity index (χ0v) is 27.8. The topological polar surface area (TPSA) is 136 Å². The van der Waals surface area contributed by atoms with E-state index in [1.165, 1.54) is 0 Å². The van der Waals surface area contributed by atoms with E-state index < -0.39 is 17.5 Å². The van der Waals surface area contributed by atoms with Gasteiger partial charge in [0.2, 0.25) is 0 Å². The summed E-state index contributed by atoms with van der Waals surface area (Å²) in [5, 5.41) is 0. The molecule has 252 valence electrons. The van der Waals surface area contributed by atoms with Gasteiger partial charge in [-0.25, -0.2) is 4.79 Å². The molecule has 0 radical (unpaired) electrons. The Bertz CT molecular complexity index is 926. The molecule has 1 amide bonds. The molecule has 44 heavy (non-hydrogen) atoms. The van der Waals surface area contributed by atoms with E-state index in [0.29, 0.717) is 97.3 Å². The Balaban J connectivity index is 0.00000474. The van der Waals surface area contributed by atoms with Crippen LogP contribution in [0.15, 0.2) is 24.3 Å². The number of likely N-dealkylation sites (tertiary alicyclic amines) is 1. The van der Waals surface area contributed by atoms with Gasteiger partial charge >= 0.3 is 12.1 Å². The maximum atomic E-state index is 13.4. The number of benzene rings is 1. The van der Waals surface area contributed by atoms with Crippen molar-refractivity contribution in [2.75, 3.05) is 72.5 Å². The van der Waals surface area contributed by atoms with E-state index in [-0.39, 0.29) is 24.4 Å². The average molecular weight is 625 g/mol. The van der Waals surface area contributed by atoms with Crippen molar-refractivity contribution in [1.29, 1.82) is 0 Å². The summed E-state index contributed by atoms with van der Waals surface area (Å²) in [6.07, 6.45) is 1.54. The molecule has 1 saturated heterocycles. The van der Waals surface area contributed by atoms with Crippen molar-refractivity contribution in [3.63, 3.8) is 0 Å². The molecular weight excluding hydrogens is 568 g/mol. The van der Waals surface area contributed by atoms with Crippen molar-refractivity contribution in [3.8, 4) is 5.75 Å². The number of hydrogen-bond donors (Lipinski definition) is 1.